The fourth-order valence-electron chi connectivity index (χ4n) is 1.48. The van der Waals surface area contributed by atoms with Crippen molar-refractivity contribution in [3.8, 4) is 11.8 Å². The van der Waals surface area contributed by atoms with E-state index in [2.05, 4.69) is 26.5 Å². The van der Waals surface area contributed by atoms with Gasteiger partial charge in [-0.2, -0.15) is 8.42 Å². The topological polar surface area (TPSA) is 95.1 Å². The molecule has 0 saturated carbocycles. The van der Waals surface area contributed by atoms with E-state index in [-0.39, 0.29) is 11.6 Å². The van der Waals surface area contributed by atoms with Crippen LogP contribution in [0.3, 0.4) is 0 Å². The third kappa shape index (κ3) is 3.60. The van der Waals surface area contributed by atoms with Gasteiger partial charge in [0.1, 0.15) is 0 Å². The lowest BCUT2D eigenvalue weighted by atomic mass is 10.2. The highest BCUT2D eigenvalue weighted by Gasteiger charge is 2.15. The van der Waals surface area contributed by atoms with Crippen LogP contribution in [0.25, 0.3) is 0 Å². The van der Waals surface area contributed by atoms with Gasteiger partial charge < -0.3 is 10.1 Å². The van der Waals surface area contributed by atoms with Gasteiger partial charge in [0.15, 0.2) is 5.03 Å². The first kappa shape index (κ1) is 14.1. The zero-order valence-electron chi connectivity index (χ0n) is 10.5. The average Bonchev–Trinajstić information content (AvgIpc) is 2.94. The highest BCUT2D eigenvalue weighted by molar-refractivity contribution is 7.92. The number of aromatic nitrogens is 2. The molecular formula is C13H13N3O3S. The van der Waals surface area contributed by atoms with Crippen LogP contribution in [0.4, 0.5) is 5.69 Å². The van der Waals surface area contributed by atoms with Crippen molar-refractivity contribution in [2.24, 2.45) is 0 Å². The Morgan fingerprint density at radius 2 is 2.25 bits per heavy atom. The predicted molar refractivity (Wildman–Crippen MR) is 74.4 cm³/mol. The molecule has 104 valence electrons. The summed E-state index contributed by atoms with van der Waals surface area (Å²) >= 11 is 0. The Morgan fingerprint density at radius 1 is 1.40 bits per heavy atom. The third-order valence-corrected chi connectivity index (χ3v) is 3.65. The van der Waals surface area contributed by atoms with Gasteiger partial charge in [-0.15, -0.1) is 0 Å². The lowest BCUT2D eigenvalue weighted by molar-refractivity contribution is 0.305. The molecule has 3 N–H and O–H groups in total. The van der Waals surface area contributed by atoms with Gasteiger partial charge in [-0.1, -0.05) is 17.9 Å². The summed E-state index contributed by atoms with van der Waals surface area (Å²) in [6.07, 6.45) is 2.91. The Labute approximate surface area is 116 Å². The molecule has 0 aliphatic heterocycles. The monoisotopic (exact) mass is 291 g/mol. The van der Waals surface area contributed by atoms with E-state index >= 15 is 0 Å². The number of aliphatic hydroxyl groups excluding tert-OH is 1. The Balaban J connectivity index is 2.19. The summed E-state index contributed by atoms with van der Waals surface area (Å²) < 4.78 is 26.4. The summed E-state index contributed by atoms with van der Waals surface area (Å²) in [6, 6.07) is 6.72. The summed E-state index contributed by atoms with van der Waals surface area (Å²) in [5, 5.41) is 8.65. The van der Waals surface area contributed by atoms with Crippen LogP contribution in [0.15, 0.2) is 41.8 Å². The van der Waals surface area contributed by atoms with Gasteiger partial charge in [0.25, 0.3) is 10.0 Å². The van der Waals surface area contributed by atoms with E-state index < -0.39 is 10.0 Å². The molecule has 0 spiro atoms. The van der Waals surface area contributed by atoms with Crippen LogP contribution >= 0.6 is 0 Å². The lowest BCUT2D eigenvalue weighted by Crippen LogP contribution is -2.13. The van der Waals surface area contributed by atoms with Crippen molar-refractivity contribution in [1.29, 1.82) is 0 Å². The van der Waals surface area contributed by atoms with Crippen LogP contribution in [0.1, 0.15) is 12.0 Å². The van der Waals surface area contributed by atoms with Gasteiger partial charge in [0, 0.05) is 12.0 Å². The van der Waals surface area contributed by atoms with Crippen molar-refractivity contribution < 1.29 is 13.5 Å². The smallest absolute Gasteiger partial charge is 0.278 e. The Bertz CT molecular complexity index is 728. The second kappa shape index (κ2) is 6.23. The molecule has 0 saturated heterocycles. The van der Waals surface area contributed by atoms with Gasteiger partial charge in [-0.25, -0.2) is 4.98 Å². The van der Waals surface area contributed by atoms with E-state index in [0.717, 1.165) is 0 Å². The van der Waals surface area contributed by atoms with Gasteiger partial charge in [0.05, 0.1) is 24.8 Å². The first-order valence-corrected chi connectivity index (χ1v) is 7.31. The van der Waals surface area contributed by atoms with Crippen LogP contribution in [0, 0.1) is 11.8 Å². The van der Waals surface area contributed by atoms with E-state index in [1.165, 1.54) is 12.5 Å². The Morgan fingerprint density at radius 3 is 2.95 bits per heavy atom. The highest BCUT2D eigenvalue weighted by Crippen LogP contribution is 2.15. The van der Waals surface area contributed by atoms with Crippen LogP contribution in [-0.4, -0.2) is 30.1 Å². The number of aliphatic hydroxyl groups is 1. The minimum Gasteiger partial charge on any atom is -0.395 e. The van der Waals surface area contributed by atoms with Crippen molar-refractivity contribution in [2.45, 2.75) is 11.4 Å². The van der Waals surface area contributed by atoms with Crippen molar-refractivity contribution in [2.75, 3.05) is 11.3 Å². The maximum Gasteiger partial charge on any atom is 0.278 e. The second-order valence-electron chi connectivity index (χ2n) is 3.88. The quantitative estimate of drug-likeness (QED) is 0.731. The number of benzene rings is 1. The van der Waals surface area contributed by atoms with Crippen molar-refractivity contribution in [3.63, 3.8) is 0 Å². The number of anilines is 1. The summed E-state index contributed by atoms with van der Waals surface area (Å²) in [6.45, 7) is -0.000849. The molecule has 6 nitrogen and oxygen atoms in total. The molecular weight excluding hydrogens is 278 g/mol. The largest absolute Gasteiger partial charge is 0.395 e. The molecule has 2 rings (SSSR count). The standard InChI is InChI=1S/C13H13N3O3S/c17-7-2-1-4-11-5-3-6-12(8-11)16-20(18,19)13-9-14-10-15-13/h3,5-6,8-10,16-17H,2,7H2,(H,14,15). The lowest BCUT2D eigenvalue weighted by Gasteiger charge is -2.06. The van der Waals surface area contributed by atoms with Crippen molar-refractivity contribution in [1.82, 2.24) is 9.97 Å². The van der Waals surface area contributed by atoms with Crippen LogP contribution in [-0.2, 0) is 10.0 Å². The molecule has 1 aromatic heterocycles. The maximum absolute atomic E-state index is 12.0. The maximum atomic E-state index is 12.0. The summed E-state index contributed by atoms with van der Waals surface area (Å²) in [7, 11) is -3.67. The molecule has 0 aliphatic rings. The Kier molecular flexibility index (Phi) is 4.40. The fraction of sp³-hybridized carbons (Fsp3) is 0.154. The molecule has 1 aromatic carbocycles. The molecule has 0 radical (unpaired) electrons. The highest BCUT2D eigenvalue weighted by atomic mass is 32.2. The number of imidazole rings is 1. The van der Waals surface area contributed by atoms with Crippen molar-refractivity contribution >= 4 is 15.7 Å². The minimum absolute atomic E-state index is 0.000849. The zero-order chi connectivity index (χ0) is 14.4. The molecule has 2 aromatic rings. The third-order valence-electron chi connectivity index (χ3n) is 2.35. The number of H-pyrrole nitrogens is 1. The molecule has 0 unspecified atom stereocenters. The average molecular weight is 291 g/mol. The first-order valence-electron chi connectivity index (χ1n) is 5.83. The van der Waals surface area contributed by atoms with Gasteiger partial charge in [-0.05, 0) is 18.2 Å². The number of nitrogens with one attached hydrogen (secondary N) is 2. The first-order chi connectivity index (χ1) is 9.62. The number of rotatable bonds is 4. The van der Waals surface area contributed by atoms with E-state index in [9.17, 15) is 8.42 Å². The van der Waals surface area contributed by atoms with E-state index in [4.69, 9.17) is 5.11 Å². The van der Waals surface area contributed by atoms with Crippen LogP contribution in [0.5, 0.6) is 0 Å². The molecule has 20 heavy (non-hydrogen) atoms. The minimum atomic E-state index is -3.67. The Hall–Kier alpha value is -2.30. The van der Waals surface area contributed by atoms with Gasteiger partial charge in [-0.3, -0.25) is 4.72 Å². The predicted octanol–water partition coefficient (Wildman–Crippen LogP) is 0.944. The van der Waals surface area contributed by atoms with Gasteiger partial charge in [0.2, 0.25) is 0 Å². The molecule has 0 fully saturated rings. The second-order valence-corrected chi connectivity index (χ2v) is 5.53. The molecule has 0 atom stereocenters. The number of hydrogen-bond acceptors (Lipinski definition) is 4. The van der Waals surface area contributed by atoms with E-state index in [0.29, 0.717) is 17.7 Å². The summed E-state index contributed by atoms with van der Waals surface area (Å²) in [4.78, 5) is 6.21. The van der Waals surface area contributed by atoms with Crippen LogP contribution in [0.2, 0.25) is 0 Å². The molecule has 7 heteroatoms. The summed E-state index contributed by atoms with van der Waals surface area (Å²) in [5.41, 5.74) is 1.08. The molecule has 0 aliphatic carbocycles. The SMILES string of the molecule is O=S(=O)(Nc1cccc(C#CCCO)c1)c1cnc[nH]1. The van der Waals surface area contributed by atoms with Gasteiger partial charge >= 0.3 is 0 Å². The van der Waals surface area contributed by atoms with Crippen molar-refractivity contribution in [3.05, 3.63) is 42.4 Å². The summed E-state index contributed by atoms with van der Waals surface area (Å²) in [5.74, 6) is 5.62. The normalized spacial score (nSPS) is 10.7. The van der Waals surface area contributed by atoms with E-state index in [1.807, 2.05) is 0 Å². The van der Waals surface area contributed by atoms with Crippen LogP contribution < -0.4 is 4.72 Å². The number of aromatic amines is 1. The fourth-order valence-corrected chi connectivity index (χ4v) is 2.44. The zero-order valence-corrected chi connectivity index (χ0v) is 11.3. The number of hydrogen-bond donors (Lipinski definition) is 3. The molecule has 0 amide bonds. The van der Waals surface area contributed by atoms with E-state index in [1.54, 1.807) is 24.3 Å². The molecule has 0 bridgehead atoms. The number of sulfonamides is 1. The molecule has 1 heterocycles. The number of nitrogens with zero attached hydrogens (tertiary/aromatic N) is 1.